The SMILES string of the molecule is CCCCCC(CBr)c1cccc(Br)c1. The Morgan fingerprint density at radius 1 is 1.27 bits per heavy atom. The lowest BCUT2D eigenvalue weighted by Gasteiger charge is -2.14. The summed E-state index contributed by atoms with van der Waals surface area (Å²) in [5.74, 6) is 0.661. The molecule has 1 atom stereocenters. The Bertz CT molecular complexity index is 284. The first-order valence-corrected chi connectivity index (χ1v) is 7.50. The van der Waals surface area contributed by atoms with Crippen LogP contribution in [0.4, 0.5) is 0 Å². The largest absolute Gasteiger partial charge is 0.0921 e. The van der Waals surface area contributed by atoms with Crippen LogP contribution in [-0.4, -0.2) is 5.33 Å². The molecule has 0 spiro atoms. The molecule has 84 valence electrons. The summed E-state index contributed by atoms with van der Waals surface area (Å²) in [5, 5.41) is 1.06. The van der Waals surface area contributed by atoms with Crippen molar-refractivity contribution in [3.63, 3.8) is 0 Å². The first kappa shape index (κ1) is 13.2. The van der Waals surface area contributed by atoms with E-state index in [0.717, 1.165) is 5.33 Å². The molecule has 0 aliphatic rings. The van der Waals surface area contributed by atoms with Gasteiger partial charge in [-0.1, -0.05) is 70.2 Å². The molecule has 1 aromatic rings. The third-order valence-electron chi connectivity index (χ3n) is 2.66. The summed E-state index contributed by atoms with van der Waals surface area (Å²) in [6.07, 6.45) is 5.26. The van der Waals surface area contributed by atoms with E-state index in [2.05, 4.69) is 63.0 Å². The molecule has 0 amide bonds. The fourth-order valence-electron chi connectivity index (χ4n) is 1.73. The van der Waals surface area contributed by atoms with Crippen LogP contribution in [0.3, 0.4) is 0 Å². The second kappa shape index (κ2) is 7.45. The van der Waals surface area contributed by atoms with Crippen LogP contribution in [0.1, 0.15) is 44.1 Å². The first-order chi connectivity index (χ1) is 7.27. The Morgan fingerprint density at radius 3 is 2.67 bits per heavy atom. The minimum absolute atomic E-state index is 0.661. The molecule has 0 nitrogen and oxygen atoms in total. The van der Waals surface area contributed by atoms with Crippen LogP contribution in [0.5, 0.6) is 0 Å². The fourth-order valence-corrected chi connectivity index (χ4v) is 2.85. The highest BCUT2D eigenvalue weighted by atomic mass is 79.9. The maximum absolute atomic E-state index is 3.61. The van der Waals surface area contributed by atoms with Crippen LogP contribution in [0.15, 0.2) is 28.7 Å². The first-order valence-electron chi connectivity index (χ1n) is 5.59. The molecule has 0 N–H and O–H groups in total. The predicted molar refractivity (Wildman–Crippen MR) is 74.8 cm³/mol. The van der Waals surface area contributed by atoms with Gasteiger partial charge in [0.2, 0.25) is 0 Å². The number of alkyl halides is 1. The van der Waals surface area contributed by atoms with E-state index in [1.165, 1.54) is 35.7 Å². The van der Waals surface area contributed by atoms with Crippen molar-refractivity contribution in [2.75, 3.05) is 5.33 Å². The Labute approximate surface area is 110 Å². The number of hydrogen-bond acceptors (Lipinski definition) is 0. The van der Waals surface area contributed by atoms with Gasteiger partial charge >= 0.3 is 0 Å². The third-order valence-corrected chi connectivity index (χ3v) is 3.94. The molecule has 15 heavy (non-hydrogen) atoms. The zero-order valence-corrected chi connectivity index (χ0v) is 12.4. The topological polar surface area (TPSA) is 0 Å². The lowest BCUT2D eigenvalue weighted by molar-refractivity contribution is 0.605. The Hall–Kier alpha value is 0.180. The molecule has 0 radical (unpaired) electrons. The van der Waals surface area contributed by atoms with E-state index in [4.69, 9.17) is 0 Å². The van der Waals surface area contributed by atoms with Gasteiger partial charge in [0.1, 0.15) is 0 Å². The normalized spacial score (nSPS) is 12.7. The van der Waals surface area contributed by atoms with Gasteiger partial charge in [-0.2, -0.15) is 0 Å². The fraction of sp³-hybridized carbons (Fsp3) is 0.538. The molecule has 0 heterocycles. The second-order valence-electron chi connectivity index (χ2n) is 3.90. The third kappa shape index (κ3) is 4.69. The van der Waals surface area contributed by atoms with Crippen LogP contribution in [-0.2, 0) is 0 Å². The monoisotopic (exact) mass is 332 g/mol. The highest BCUT2D eigenvalue weighted by Gasteiger charge is 2.09. The van der Waals surface area contributed by atoms with Gasteiger partial charge in [0.25, 0.3) is 0 Å². The van der Waals surface area contributed by atoms with Crippen LogP contribution in [0.25, 0.3) is 0 Å². The summed E-state index contributed by atoms with van der Waals surface area (Å²) in [4.78, 5) is 0. The summed E-state index contributed by atoms with van der Waals surface area (Å²) in [6.45, 7) is 2.25. The van der Waals surface area contributed by atoms with Crippen molar-refractivity contribution < 1.29 is 0 Å². The number of hydrogen-bond donors (Lipinski definition) is 0. The van der Waals surface area contributed by atoms with E-state index in [9.17, 15) is 0 Å². The van der Waals surface area contributed by atoms with E-state index in [-0.39, 0.29) is 0 Å². The minimum Gasteiger partial charge on any atom is -0.0921 e. The smallest absolute Gasteiger partial charge is 0.0178 e. The van der Waals surface area contributed by atoms with Crippen LogP contribution in [0.2, 0.25) is 0 Å². The van der Waals surface area contributed by atoms with Crippen molar-refractivity contribution in [1.29, 1.82) is 0 Å². The van der Waals surface area contributed by atoms with Crippen LogP contribution in [0, 0.1) is 0 Å². The summed E-state index contributed by atoms with van der Waals surface area (Å²) in [7, 11) is 0. The lowest BCUT2D eigenvalue weighted by Crippen LogP contribution is -2.00. The highest BCUT2D eigenvalue weighted by molar-refractivity contribution is 9.10. The number of unbranched alkanes of at least 4 members (excludes halogenated alkanes) is 2. The zero-order valence-electron chi connectivity index (χ0n) is 9.18. The molecule has 1 rings (SSSR count). The number of rotatable bonds is 6. The van der Waals surface area contributed by atoms with Gasteiger partial charge in [0, 0.05) is 9.80 Å². The molecule has 1 aromatic carbocycles. The molecule has 0 aliphatic heterocycles. The minimum atomic E-state index is 0.661. The van der Waals surface area contributed by atoms with E-state index in [1.54, 1.807) is 0 Å². The zero-order chi connectivity index (χ0) is 11.1. The standard InChI is InChI=1S/C13H18Br2/c1-2-3-4-6-12(10-14)11-7-5-8-13(15)9-11/h5,7-9,12H,2-4,6,10H2,1H3. The quantitative estimate of drug-likeness (QED) is 0.475. The molecule has 0 fully saturated rings. The van der Waals surface area contributed by atoms with E-state index < -0.39 is 0 Å². The maximum Gasteiger partial charge on any atom is 0.0178 e. The summed E-state index contributed by atoms with van der Waals surface area (Å²) >= 11 is 7.14. The van der Waals surface area contributed by atoms with E-state index in [0.29, 0.717) is 5.92 Å². The van der Waals surface area contributed by atoms with Crippen molar-refractivity contribution in [2.24, 2.45) is 0 Å². The van der Waals surface area contributed by atoms with Crippen molar-refractivity contribution in [3.05, 3.63) is 34.3 Å². The van der Waals surface area contributed by atoms with Gasteiger partial charge in [-0.25, -0.2) is 0 Å². The van der Waals surface area contributed by atoms with Crippen LogP contribution >= 0.6 is 31.9 Å². The van der Waals surface area contributed by atoms with Crippen molar-refractivity contribution in [2.45, 2.75) is 38.5 Å². The Morgan fingerprint density at radius 2 is 2.07 bits per heavy atom. The lowest BCUT2D eigenvalue weighted by atomic mass is 9.95. The molecule has 0 bridgehead atoms. The van der Waals surface area contributed by atoms with Gasteiger partial charge in [0.05, 0.1) is 0 Å². The van der Waals surface area contributed by atoms with Gasteiger partial charge < -0.3 is 0 Å². The summed E-state index contributed by atoms with van der Waals surface area (Å²) in [5.41, 5.74) is 1.44. The van der Waals surface area contributed by atoms with Gasteiger partial charge in [-0.3, -0.25) is 0 Å². The van der Waals surface area contributed by atoms with Crippen molar-refractivity contribution in [3.8, 4) is 0 Å². The van der Waals surface area contributed by atoms with E-state index >= 15 is 0 Å². The maximum atomic E-state index is 3.61. The molecule has 1 unspecified atom stereocenters. The average Bonchev–Trinajstić information content (AvgIpc) is 2.24. The molecule has 0 saturated carbocycles. The molecule has 0 aliphatic carbocycles. The van der Waals surface area contributed by atoms with E-state index in [1.807, 2.05) is 0 Å². The molecule has 0 aromatic heterocycles. The van der Waals surface area contributed by atoms with Crippen LogP contribution < -0.4 is 0 Å². The van der Waals surface area contributed by atoms with Gasteiger partial charge in [0.15, 0.2) is 0 Å². The number of halogens is 2. The average molecular weight is 334 g/mol. The van der Waals surface area contributed by atoms with Crippen molar-refractivity contribution >= 4 is 31.9 Å². The highest BCUT2D eigenvalue weighted by Crippen LogP contribution is 2.26. The number of benzene rings is 1. The Balaban J connectivity index is 2.57. The Kier molecular flexibility index (Phi) is 6.58. The van der Waals surface area contributed by atoms with Gasteiger partial charge in [-0.15, -0.1) is 0 Å². The summed E-state index contributed by atoms with van der Waals surface area (Å²) < 4.78 is 1.18. The predicted octanol–water partition coefficient (Wildman–Crippen LogP) is 5.51. The second-order valence-corrected chi connectivity index (χ2v) is 5.47. The molecular formula is C13H18Br2. The molecular weight excluding hydrogens is 316 g/mol. The van der Waals surface area contributed by atoms with Crippen molar-refractivity contribution in [1.82, 2.24) is 0 Å². The van der Waals surface area contributed by atoms with Gasteiger partial charge in [-0.05, 0) is 30.0 Å². The summed E-state index contributed by atoms with van der Waals surface area (Å²) in [6, 6.07) is 8.66. The molecule has 0 saturated heterocycles. The molecule has 2 heteroatoms.